The van der Waals surface area contributed by atoms with E-state index in [1.807, 2.05) is 24.3 Å². The van der Waals surface area contributed by atoms with Crippen molar-refractivity contribution >= 4 is 44.0 Å². The largest absolute Gasteiger partial charge is 0.330 e. The van der Waals surface area contributed by atoms with E-state index < -0.39 is 0 Å². The number of nitrogens with zero attached hydrogens (tertiary/aromatic N) is 2. The molecule has 0 aliphatic rings. The standard InChI is InChI=1S/C14H8ClN3S/c15-10-7-9(8-16)5-6-11(10)17-14-18-12-3-1-2-4-13(12)19-14/h1-7H,(H,17,18). The zero-order valence-corrected chi connectivity index (χ0v) is 11.3. The first-order chi connectivity index (χ1) is 9.26. The molecule has 1 heterocycles. The molecule has 0 saturated heterocycles. The van der Waals surface area contributed by atoms with Crippen molar-refractivity contribution in [3.8, 4) is 6.07 Å². The summed E-state index contributed by atoms with van der Waals surface area (Å²) in [7, 11) is 0. The number of fused-ring (bicyclic) bond motifs is 1. The van der Waals surface area contributed by atoms with Crippen molar-refractivity contribution in [2.45, 2.75) is 0 Å². The summed E-state index contributed by atoms with van der Waals surface area (Å²) in [5, 5.41) is 13.3. The van der Waals surface area contributed by atoms with E-state index in [2.05, 4.69) is 16.4 Å². The predicted molar refractivity (Wildman–Crippen MR) is 79.1 cm³/mol. The summed E-state index contributed by atoms with van der Waals surface area (Å²) in [6.45, 7) is 0. The molecule has 0 aliphatic carbocycles. The molecular weight excluding hydrogens is 278 g/mol. The van der Waals surface area contributed by atoms with Gasteiger partial charge in [-0.05, 0) is 30.3 Å². The van der Waals surface area contributed by atoms with Gasteiger partial charge in [0.2, 0.25) is 0 Å². The fourth-order valence-electron chi connectivity index (χ4n) is 1.73. The van der Waals surface area contributed by atoms with Crippen molar-refractivity contribution in [2.75, 3.05) is 5.32 Å². The van der Waals surface area contributed by atoms with E-state index in [1.165, 1.54) is 0 Å². The van der Waals surface area contributed by atoms with E-state index in [9.17, 15) is 0 Å². The van der Waals surface area contributed by atoms with Crippen LogP contribution in [0, 0.1) is 11.3 Å². The summed E-state index contributed by atoms with van der Waals surface area (Å²) in [4.78, 5) is 4.48. The Morgan fingerprint density at radius 2 is 2.05 bits per heavy atom. The van der Waals surface area contributed by atoms with Crippen LogP contribution >= 0.6 is 22.9 Å². The van der Waals surface area contributed by atoms with E-state index in [0.29, 0.717) is 10.6 Å². The van der Waals surface area contributed by atoms with E-state index in [-0.39, 0.29) is 0 Å². The maximum absolute atomic E-state index is 8.80. The molecule has 0 unspecified atom stereocenters. The Kier molecular flexibility index (Phi) is 3.08. The number of aromatic nitrogens is 1. The number of halogens is 1. The van der Waals surface area contributed by atoms with Crippen LogP contribution in [0.3, 0.4) is 0 Å². The molecule has 0 radical (unpaired) electrons. The van der Waals surface area contributed by atoms with E-state index >= 15 is 0 Å². The van der Waals surface area contributed by atoms with Crippen molar-refractivity contribution < 1.29 is 0 Å². The number of hydrogen-bond donors (Lipinski definition) is 1. The predicted octanol–water partition coefficient (Wildman–Crippen LogP) is 4.56. The maximum atomic E-state index is 8.80. The highest BCUT2D eigenvalue weighted by Crippen LogP contribution is 2.31. The number of nitriles is 1. The maximum Gasteiger partial charge on any atom is 0.188 e. The molecule has 0 aliphatic heterocycles. The molecule has 5 heteroatoms. The van der Waals surface area contributed by atoms with Gasteiger partial charge in [-0.15, -0.1) is 0 Å². The Hall–Kier alpha value is -2.09. The van der Waals surface area contributed by atoms with Crippen LogP contribution in [-0.2, 0) is 0 Å². The first kappa shape index (κ1) is 12.0. The second kappa shape index (κ2) is 4.88. The third-order valence-electron chi connectivity index (χ3n) is 2.63. The summed E-state index contributed by atoms with van der Waals surface area (Å²) in [5.74, 6) is 0. The molecule has 0 bridgehead atoms. The van der Waals surface area contributed by atoms with Crippen molar-refractivity contribution in [2.24, 2.45) is 0 Å². The number of anilines is 2. The van der Waals surface area contributed by atoms with Crippen molar-refractivity contribution in [1.82, 2.24) is 4.98 Å². The second-order valence-electron chi connectivity index (χ2n) is 3.92. The lowest BCUT2D eigenvalue weighted by Gasteiger charge is -2.04. The normalized spacial score (nSPS) is 10.3. The molecule has 2 aromatic carbocycles. The summed E-state index contributed by atoms with van der Waals surface area (Å²) < 4.78 is 1.12. The highest BCUT2D eigenvalue weighted by atomic mass is 35.5. The Bertz CT molecular complexity index is 756. The van der Waals surface area contributed by atoms with Crippen LogP contribution in [0.2, 0.25) is 5.02 Å². The average molecular weight is 286 g/mol. The van der Waals surface area contributed by atoms with Gasteiger partial charge in [0.15, 0.2) is 5.13 Å². The van der Waals surface area contributed by atoms with Gasteiger partial charge in [-0.3, -0.25) is 0 Å². The summed E-state index contributed by atoms with van der Waals surface area (Å²) in [6, 6.07) is 15.1. The van der Waals surface area contributed by atoms with Gasteiger partial charge in [0.05, 0.1) is 32.6 Å². The molecular formula is C14H8ClN3S. The van der Waals surface area contributed by atoms with Crippen LogP contribution in [0.15, 0.2) is 42.5 Å². The number of nitrogens with one attached hydrogen (secondary N) is 1. The Morgan fingerprint density at radius 3 is 2.79 bits per heavy atom. The first-order valence-electron chi connectivity index (χ1n) is 5.58. The van der Waals surface area contributed by atoms with E-state index in [1.54, 1.807) is 29.5 Å². The van der Waals surface area contributed by atoms with E-state index in [4.69, 9.17) is 16.9 Å². The molecule has 0 amide bonds. The lowest BCUT2D eigenvalue weighted by atomic mass is 10.2. The van der Waals surface area contributed by atoms with E-state index in [0.717, 1.165) is 21.0 Å². The smallest absolute Gasteiger partial charge is 0.188 e. The molecule has 3 aromatic rings. The quantitative estimate of drug-likeness (QED) is 0.750. The zero-order chi connectivity index (χ0) is 13.2. The summed E-state index contributed by atoms with van der Waals surface area (Å²) in [6.07, 6.45) is 0. The minimum atomic E-state index is 0.512. The van der Waals surface area contributed by atoms with Crippen LogP contribution < -0.4 is 5.32 Å². The minimum absolute atomic E-state index is 0.512. The minimum Gasteiger partial charge on any atom is -0.330 e. The first-order valence-corrected chi connectivity index (χ1v) is 6.78. The molecule has 92 valence electrons. The van der Waals surface area contributed by atoms with Gasteiger partial charge in [0.1, 0.15) is 0 Å². The van der Waals surface area contributed by atoms with Gasteiger partial charge in [-0.25, -0.2) is 4.98 Å². The summed E-state index contributed by atoms with van der Waals surface area (Å²) in [5.41, 5.74) is 2.25. The highest BCUT2D eigenvalue weighted by molar-refractivity contribution is 7.22. The third kappa shape index (κ3) is 2.39. The average Bonchev–Trinajstić information content (AvgIpc) is 2.83. The molecule has 0 atom stereocenters. The number of rotatable bonds is 2. The van der Waals surface area contributed by atoms with Gasteiger partial charge in [-0.2, -0.15) is 5.26 Å². The van der Waals surface area contributed by atoms with Gasteiger partial charge in [-0.1, -0.05) is 35.1 Å². The number of para-hydroxylation sites is 1. The fourth-order valence-corrected chi connectivity index (χ4v) is 2.83. The van der Waals surface area contributed by atoms with Crippen LogP contribution in [-0.4, -0.2) is 4.98 Å². The Morgan fingerprint density at radius 1 is 1.21 bits per heavy atom. The van der Waals surface area contributed by atoms with Gasteiger partial charge < -0.3 is 5.32 Å². The summed E-state index contributed by atoms with van der Waals surface area (Å²) >= 11 is 7.68. The highest BCUT2D eigenvalue weighted by Gasteiger charge is 2.06. The van der Waals surface area contributed by atoms with Gasteiger partial charge in [0.25, 0.3) is 0 Å². The lowest BCUT2D eigenvalue weighted by molar-refractivity contribution is 1.43. The molecule has 0 fully saturated rings. The molecule has 1 N–H and O–H groups in total. The molecule has 3 nitrogen and oxygen atoms in total. The van der Waals surface area contributed by atoms with Crippen LogP contribution in [0.1, 0.15) is 5.56 Å². The van der Waals surface area contributed by atoms with Crippen molar-refractivity contribution in [3.05, 3.63) is 53.1 Å². The number of benzene rings is 2. The molecule has 19 heavy (non-hydrogen) atoms. The fraction of sp³-hybridized carbons (Fsp3) is 0. The number of thiazole rings is 1. The second-order valence-corrected chi connectivity index (χ2v) is 5.36. The van der Waals surface area contributed by atoms with Crippen molar-refractivity contribution in [3.63, 3.8) is 0 Å². The molecule has 1 aromatic heterocycles. The topological polar surface area (TPSA) is 48.7 Å². The molecule has 0 spiro atoms. The molecule has 3 rings (SSSR count). The lowest BCUT2D eigenvalue weighted by Crippen LogP contribution is -1.90. The van der Waals surface area contributed by atoms with Crippen LogP contribution in [0.25, 0.3) is 10.2 Å². The SMILES string of the molecule is N#Cc1ccc(Nc2nc3ccccc3s2)c(Cl)c1. The Labute approximate surface area is 119 Å². The van der Waals surface area contributed by atoms with Gasteiger partial charge in [0, 0.05) is 0 Å². The molecule has 0 saturated carbocycles. The van der Waals surface area contributed by atoms with Gasteiger partial charge >= 0.3 is 0 Å². The zero-order valence-electron chi connectivity index (χ0n) is 9.72. The van der Waals surface area contributed by atoms with Crippen LogP contribution in [0.4, 0.5) is 10.8 Å². The third-order valence-corrected chi connectivity index (χ3v) is 3.90. The van der Waals surface area contributed by atoms with Crippen molar-refractivity contribution in [1.29, 1.82) is 5.26 Å². The Balaban J connectivity index is 1.94. The number of hydrogen-bond acceptors (Lipinski definition) is 4. The monoisotopic (exact) mass is 285 g/mol. The van der Waals surface area contributed by atoms with Crippen LogP contribution in [0.5, 0.6) is 0 Å².